The molecular weight excluding hydrogens is 308 g/mol. The van der Waals surface area contributed by atoms with Crippen molar-refractivity contribution in [3.05, 3.63) is 88.7 Å². The highest BCUT2D eigenvalue weighted by Crippen LogP contribution is 2.52. The van der Waals surface area contributed by atoms with Gasteiger partial charge in [-0.25, -0.2) is 0 Å². The predicted octanol–water partition coefficient (Wildman–Crippen LogP) is 5.48. The van der Waals surface area contributed by atoms with Gasteiger partial charge in [0.1, 0.15) is 11.9 Å². The lowest BCUT2D eigenvalue weighted by atomic mass is 9.75. The fraction of sp³-hybridized carbons (Fsp3) is 0.261. The molecule has 2 aromatic carbocycles. The van der Waals surface area contributed by atoms with Crippen molar-refractivity contribution < 1.29 is 9.53 Å². The van der Waals surface area contributed by atoms with Gasteiger partial charge in [-0.15, -0.1) is 0 Å². The van der Waals surface area contributed by atoms with Gasteiger partial charge in [0.25, 0.3) is 0 Å². The standard InChI is InChI=1S/C23H22O2/c1-23(2)14-13-19(24)20-18(15-16-9-5-3-6-10-16)21(25-22(20)23)17-11-7-4-8-12-17/h3-12,15,21H,13-14H2,1-2H3/b18-15-. The molecule has 1 heterocycles. The fourth-order valence-corrected chi connectivity index (χ4v) is 3.70. The normalized spacial score (nSPS) is 23.5. The monoisotopic (exact) mass is 330 g/mol. The molecule has 1 atom stereocenters. The van der Waals surface area contributed by atoms with Gasteiger partial charge in [0.05, 0.1) is 5.57 Å². The Morgan fingerprint density at radius 3 is 2.32 bits per heavy atom. The summed E-state index contributed by atoms with van der Waals surface area (Å²) in [4.78, 5) is 12.8. The first kappa shape index (κ1) is 15.9. The number of carbonyl (C=O) groups excluding carboxylic acids is 1. The van der Waals surface area contributed by atoms with Crippen molar-refractivity contribution in [2.45, 2.75) is 32.8 Å². The van der Waals surface area contributed by atoms with E-state index < -0.39 is 0 Å². The molecule has 2 aliphatic rings. The molecule has 2 heteroatoms. The molecule has 4 rings (SSSR count). The van der Waals surface area contributed by atoms with Crippen LogP contribution in [0.15, 0.2) is 77.6 Å². The van der Waals surface area contributed by atoms with E-state index in [1.165, 1.54) is 0 Å². The third-order valence-corrected chi connectivity index (χ3v) is 5.13. The van der Waals surface area contributed by atoms with Gasteiger partial charge in [-0.05, 0) is 23.6 Å². The van der Waals surface area contributed by atoms with Crippen LogP contribution in [0.1, 0.15) is 43.9 Å². The molecule has 0 saturated carbocycles. The Morgan fingerprint density at radius 2 is 1.64 bits per heavy atom. The minimum atomic E-state index is -0.215. The molecule has 0 bridgehead atoms. The average Bonchev–Trinajstić information content (AvgIpc) is 3.01. The van der Waals surface area contributed by atoms with Gasteiger partial charge in [0.2, 0.25) is 0 Å². The highest BCUT2D eigenvalue weighted by Gasteiger charge is 2.45. The van der Waals surface area contributed by atoms with E-state index in [0.29, 0.717) is 6.42 Å². The molecule has 0 aromatic heterocycles. The molecule has 0 amide bonds. The molecule has 2 aromatic rings. The minimum absolute atomic E-state index is 0.109. The second-order valence-corrected chi connectivity index (χ2v) is 7.43. The van der Waals surface area contributed by atoms with E-state index in [9.17, 15) is 4.79 Å². The lowest BCUT2D eigenvalue weighted by Gasteiger charge is -2.30. The molecule has 1 aliphatic carbocycles. The summed E-state index contributed by atoms with van der Waals surface area (Å²) < 4.78 is 6.41. The van der Waals surface area contributed by atoms with Crippen LogP contribution >= 0.6 is 0 Å². The molecule has 25 heavy (non-hydrogen) atoms. The zero-order valence-corrected chi connectivity index (χ0v) is 14.7. The van der Waals surface area contributed by atoms with Crippen molar-refractivity contribution in [1.82, 2.24) is 0 Å². The van der Waals surface area contributed by atoms with Crippen molar-refractivity contribution in [3.63, 3.8) is 0 Å². The van der Waals surface area contributed by atoms with Crippen molar-refractivity contribution in [1.29, 1.82) is 0 Å². The van der Waals surface area contributed by atoms with Crippen LogP contribution in [0.2, 0.25) is 0 Å². The summed E-state index contributed by atoms with van der Waals surface area (Å²) in [6, 6.07) is 20.3. The van der Waals surface area contributed by atoms with Crippen LogP contribution in [-0.4, -0.2) is 5.78 Å². The Hall–Kier alpha value is -2.61. The number of hydrogen-bond acceptors (Lipinski definition) is 2. The zero-order chi connectivity index (χ0) is 17.4. The number of hydrogen-bond donors (Lipinski definition) is 0. The summed E-state index contributed by atoms with van der Waals surface area (Å²) in [6.45, 7) is 4.34. The number of carbonyl (C=O) groups is 1. The Balaban J connectivity index is 1.88. The summed E-state index contributed by atoms with van der Waals surface area (Å²) >= 11 is 0. The molecule has 0 fully saturated rings. The second-order valence-electron chi connectivity index (χ2n) is 7.43. The topological polar surface area (TPSA) is 26.3 Å². The van der Waals surface area contributed by atoms with E-state index in [1.807, 2.05) is 36.4 Å². The lowest BCUT2D eigenvalue weighted by Crippen LogP contribution is -2.24. The minimum Gasteiger partial charge on any atom is -0.484 e. The van der Waals surface area contributed by atoms with Crippen LogP contribution in [-0.2, 0) is 9.53 Å². The van der Waals surface area contributed by atoms with Gasteiger partial charge in [-0.2, -0.15) is 0 Å². The van der Waals surface area contributed by atoms with E-state index in [0.717, 1.165) is 34.5 Å². The van der Waals surface area contributed by atoms with E-state index in [-0.39, 0.29) is 17.3 Å². The third kappa shape index (κ3) is 2.82. The summed E-state index contributed by atoms with van der Waals surface area (Å²) in [5, 5.41) is 0. The fourth-order valence-electron chi connectivity index (χ4n) is 3.70. The molecule has 0 N–H and O–H groups in total. The largest absolute Gasteiger partial charge is 0.484 e. The SMILES string of the molecule is CC1(C)CCC(=O)C2=C1OC(c1ccccc1)/C2=C\c1ccccc1. The summed E-state index contributed by atoms with van der Waals surface area (Å²) in [5.74, 6) is 1.06. The van der Waals surface area contributed by atoms with Crippen LogP contribution in [0.5, 0.6) is 0 Å². The van der Waals surface area contributed by atoms with Crippen LogP contribution in [0.4, 0.5) is 0 Å². The van der Waals surface area contributed by atoms with E-state index in [4.69, 9.17) is 4.74 Å². The number of rotatable bonds is 2. The van der Waals surface area contributed by atoms with Gasteiger partial charge in [-0.1, -0.05) is 74.5 Å². The molecule has 0 radical (unpaired) electrons. The van der Waals surface area contributed by atoms with E-state index in [1.54, 1.807) is 0 Å². The number of Topliss-reactive ketones (excluding diaryl/α,β-unsaturated/α-hetero) is 1. The van der Waals surface area contributed by atoms with E-state index in [2.05, 4.69) is 44.2 Å². The molecule has 0 spiro atoms. The van der Waals surface area contributed by atoms with Crippen molar-refractivity contribution in [2.24, 2.45) is 5.41 Å². The van der Waals surface area contributed by atoms with Crippen LogP contribution in [0.3, 0.4) is 0 Å². The third-order valence-electron chi connectivity index (χ3n) is 5.13. The maximum atomic E-state index is 12.8. The van der Waals surface area contributed by atoms with Crippen molar-refractivity contribution >= 4 is 11.9 Å². The van der Waals surface area contributed by atoms with Gasteiger partial charge < -0.3 is 4.74 Å². The molecule has 1 aliphatic heterocycles. The molecule has 0 saturated heterocycles. The quantitative estimate of drug-likeness (QED) is 0.728. The summed E-state index contributed by atoms with van der Waals surface area (Å²) in [5.41, 5.74) is 3.86. The van der Waals surface area contributed by atoms with Crippen LogP contribution in [0.25, 0.3) is 6.08 Å². The van der Waals surface area contributed by atoms with Crippen molar-refractivity contribution in [2.75, 3.05) is 0 Å². The molecule has 2 nitrogen and oxygen atoms in total. The summed E-state index contributed by atoms with van der Waals surface area (Å²) in [6.07, 6.45) is 3.32. The average molecular weight is 330 g/mol. The van der Waals surface area contributed by atoms with Gasteiger partial charge in [-0.3, -0.25) is 4.79 Å². The second kappa shape index (κ2) is 6.03. The smallest absolute Gasteiger partial charge is 0.166 e. The first-order chi connectivity index (χ1) is 12.1. The molecule has 126 valence electrons. The number of allylic oxidation sites excluding steroid dienone is 1. The number of ketones is 1. The molecular formula is C23H22O2. The highest BCUT2D eigenvalue weighted by atomic mass is 16.5. The summed E-state index contributed by atoms with van der Waals surface area (Å²) in [7, 11) is 0. The van der Waals surface area contributed by atoms with Gasteiger partial charge >= 0.3 is 0 Å². The maximum absolute atomic E-state index is 12.8. The molecule has 1 unspecified atom stereocenters. The number of ether oxygens (including phenoxy) is 1. The van der Waals surface area contributed by atoms with Gasteiger partial charge in [0.15, 0.2) is 5.78 Å². The Kier molecular flexibility index (Phi) is 3.84. The Bertz CT molecular complexity index is 857. The van der Waals surface area contributed by atoms with E-state index >= 15 is 0 Å². The Morgan fingerprint density at radius 1 is 1.00 bits per heavy atom. The first-order valence-electron chi connectivity index (χ1n) is 8.83. The lowest BCUT2D eigenvalue weighted by molar-refractivity contribution is -0.116. The Labute approximate surface area is 148 Å². The first-order valence-corrected chi connectivity index (χ1v) is 8.83. The maximum Gasteiger partial charge on any atom is 0.166 e. The van der Waals surface area contributed by atoms with Crippen molar-refractivity contribution in [3.8, 4) is 0 Å². The van der Waals surface area contributed by atoms with Crippen LogP contribution < -0.4 is 0 Å². The van der Waals surface area contributed by atoms with Gasteiger partial charge in [0, 0.05) is 17.4 Å². The van der Waals surface area contributed by atoms with Crippen LogP contribution in [0, 0.1) is 5.41 Å². The number of benzene rings is 2. The predicted molar refractivity (Wildman–Crippen MR) is 99.7 cm³/mol. The highest BCUT2D eigenvalue weighted by molar-refractivity contribution is 6.03. The zero-order valence-electron chi connectivity index (χ0n) is 14.7.